The first kappa shape index (κ1) is 11.8. The van der Waals surface area contributed by atoms with Crippen LogP contribution in [0.15, 0.2) is 18.2 Å². The zero-order valence-electron chi connectivity index (χ0n) is 9.26. The molecule has 0 radical (unpaired) electrons. The Bertz CT molecular complexity index is 416. The van der Waals surface area contributed by atoms with Gasteiger partial charge in [0.25, 0.3) is 5.69 Å². The van der Waals surface area contributed by atoms with Crippen LogP contribution in [0.1, 0.15) is 12.0 Å². The maximum absolute atomic E-state index is 11.0. The van der Waals surface area contributed by atoms with Crippen LogP contribution in [0.3, 0.4) is 0 Å². The van der Waals surface area contributed by atoms with Gasteiger partial charge in [0.05, 0.1) is 29.7 Å². The summed E-state index contributed by atoms with van der Waals surface area (Å²) in [5, 5.41) is 23.2. The molecule has 1 unspecified atom stereocenters. The predicted molar refractivity (Wildman–Crippen MR) is 61.9 cm³/mol. The summed E-state index contributed by atoms with van der Waals surface area (Å²) in [7, 11) is 0. The summed E-state index contributed by atoms with van der Waals surface area (Å²) in [5.41, 5.74) is 0.706. The summed E-state index contributed by atoms with van der Waals surface area (Å²) < 4.78 is 5.20. The molecule has 0 aliphatic carbocycles. The van der Waals surface area contributed by atoms with E-state index in [1.165, 1.54) is 0 Å². The number of hydrogen-bond acceptors (Lipinski definition) is 5. The van der Waals surface area contributed by atoms with Crippen LogP contribution in [0.2, 0.25) is 0 Å². The van der Waals surface area contributed by atoms with E-state index in [4.69, 9.17) is 9.84 Å². The summed E-state index contributed by atoms with van der Waals surface area (Å²) in [5.74, 6) is 0. The first-order valence-corrected chi connectivity index (χ1v) is 5.44. The highest BCUT2D eigenvalue weighted by molar-refractivity contribution is 5.65. The number of ether oxygens (including phenoxy) is 1. The molecule has 17 heavy (non-hydrogen) atoms. The molecule has 1 saturated heterocycles. The Morgan fingerprint density at radius 1 is 1.59 bits per heavy atom. The van der Waals surface area contributed by atoms with Gasteiger partial charge in [-0.3, -0.25) is 10.1 Å². The maximum Gasteiger partial charge on any atom is 0.297 e. The average molecular weight is 238 g/mol. The fourth-order valence-electron chi connectivity index (χ4n) is 1.92. The van der Waals surface area contributed by atoms with Crippen LogP contribution in [0, 0.1) is 10.1 Å². The van der Waals surface area contributed by atoms with Crippen molar-refractivity contribution in [2.45, 2.75) is 19.1 Å². The number of rotatable bonds is 4. The largest absolute Gasteiger partial charge is 0.391 e. The molecule has 0 bridgehead atoms. The summed E-state index contributed by atoms with van der Waals surface area (Å²) in [6.45, 7) is 0.888. The van der Waals surface area contributed by atoms with Crippen molar-refractivity contribution in [3.05, 3.63) is 33.9 Å². The van der Waals surface area contributed by atoms with Gasteiger partial charge < -0.3 is 15.2 Å². The van der Waals surface area contributed by atoms with E-state index in [1.54, 1.807) is 18.2 Å². The molecule has 1 aromatic rings. The zero-order chi connectivity index (χ0) is 12.3. The molecule has 2 rings (SSSR count). The summed E-state index contributed by atoms with van der Waals surface area (Å²) in [6, 6.07) is 4.99. The molecule has 1 aliphatic rings. The van der Waals surface area contributed by atoms with Crippen molar-refractivity contribution in [2.24, 2.45) is 0 Å². The summed E-state index contributed by atoms with van der Waals surface area (Å²) in [6.07, 6.45) is 0.834. The molecular formula is C11H14N2O4. The topological polar surface area (TPSA) is 84.6 Å². The Morgan fingerprint density at radius 2 is 2.41 bits per heavy atom. The van der Waals surface area contributed by atoms with Gasteiger partial charge in [-0.2, -0.15) is 0 Å². The number of nitro benzene ring substituents is 1. The van der Waals surface area contributed by atoms with Gasteiger partial charge in [0.15, 0.2) is 0 Å². The SMILES string of the molecule is O=[N+]([O-])c1c(CO)cccc1NC1CCOC1. The number of aliphatic hydroxyl groups excluding tert-OH is 1. The standard InChI is InChI=1S/C11H14N2O4/c14-6-8-2-1-3-10(11(8)13(15)16)12-9-4-5-17-7-9/h1-3,9,12,14H,4-7H2. The second-order valence-corrected chi connectivity index (χ2v) is 3.93. The number of hydrogen-bond donors (Lipinski definition) is 2. The smallest absolute Gasteiger partial charge is 0.297 e. The highest BCUT2D eigenvalue weighted by atomic mass is 16.6. The molecule has 92 valence electrons. The number of benzene rings is 1. The van der Waals surface area contributed by atoms with Gasteiger partial charge in [0.2, 0.25) is 0 Å². The minimum Gasteiger partial charge on any atom is -0.391 e. The number of nitrogens with one attached hydrogen (secondary N) is 1. The Balaban J connectivity index is 2.28. The van der Waals surface area contributed by atoms with E-state index in [0.29, 0.717) is 24.5 Å². The molecule has 0 amide bonds. The third kappa shape index (κ3) is 2.54. The lowest BCUT2D eigenvalue weighted by Gasteiger charge is -2.13. The molecule has 1 fully saturated rings. The Hall–Kier alpha value is -1.66. The molecule has 1 aliphatic heterocycles. The lowest BCUT2D eigenvalue weighted by Crippen LogP contribution is -2.20. The Kier molecular flexibility index (Phi) is 3.55. The number of anilines is 1. The number of nitrogens with zero attached hydrogens (tertiary/aromatic N) is 1. The first-order chi connectivity index (χ1) is 8.22. The number of para-hydroxylation sites is 1. The van der Waals surface area contributed by atoms with E-state index in [9.17, 15) is 10.1 Å². The van der Waals surface area contributed by atoms with Crippen LogP contribution in [-0.4, -0.2) is 29.3 Å². The zero-order valence-corrected chi connectivity index (χ0v) is 9.26. The average Bonchev–Trinajstić information content (AvgIpc) is 2.81. The molecule has 6 nitrogen and oxygen atoms in total. The van der Waals surface area contributed by atoms with Gasteiger partial charge in [-0.1, -0.05) is 6.07 Å². The van der Waals surface area contributed by atoms with E-state index in [-0.39, 0.29) is 18.3 Å². The quantitative estimate of drug-likeness (QED) is 0.609. The summed E-state index contributed by atoms with van der Waals surface area (Å²) in [4.78, 5) is 10.5. The molecule has 1 heterocycles. The van der Waals surface area contributed by atoms with Gasteiger partial charge in [-0.15, -0.1) is 0 Å². The van der Waals surface area contributed by atoms with E-state index >= 15 is 0 Å². The Labute approximate surface area is 98.4 Å². The van der Waals surface area contributed by atoms with E-state index in [2.05, 4.69) is 5.32 Å². The second kappa shape index (κ2) is 5.11. The molecule has 0 aromatic heterocycles. The molecule has 2 N–H and O–H groups in total. The van der Waals surface area contributed by atoms with Gasteiger partial charge in [0.1, 0.15) is 5.69 Å². The predicted octanol–water partition coefficient (Wildman–Crippen LogP) is 1.29. The molecule has 1 aromatic carbocycles. The third-order valence-electron chi connectivity index (χ3n) is 2.76. The first-order valence-electron chi connectivity index (χ1n) is 5.44. The second-order valence-electron chi connectivity index (χ2n) is 3.93. The van der Waals surface area contributed by atoms with E-state index < -0.39 is 4.92 Å². The van der Waals surface area contributed by atoms with Crippen molar-refractivity contribution in [2.75, 3.05) is 18.5 Å². The van der Waals surface area contributed by atoms with Crippen LogP contribution < -0.4 is 5.32 Å². The molecule has 0 spiro atoms. The lowest BCUT2D eigenvalue weighted by atomic mass is 10.1. The van der Waals surface area contributed by atoms with E-state index in [0.717, 1.165) is 6.42 Å². The molecule has 1 atom stereocenters. The minimum atomic E-state index is -0.469. The highest BCUT2D eigenvalue weighted by Crippen LogP contribution is 2.29. The van der Waals surface area contributed by atoms with Gasteiger partial charge in [0, 0.05) is 6.61 Å². The van der Waals surface area contributed by atoms with Crippen molar-refractivity contribution in [3.8, 4) is 0 Å². The fourth-order valence-corrected chi connectivity index (χ4v) is 1.92. The maximum atomic E-state index is 11.0. The third-order valence-corrected chi connectivity index (χ3v) is 2.76. The van der Waals surface area contributed by atoms with Gasteiger partial charge in [-0.05, 0) is 18.6 Å². The fraction of sp³-hybridized carbons (Fsp3) is 0.455. The van der Waals surface area contributed by atoms with Crippen molar-refractivity contribution >= 4 is 11.4 Å². The van der Waals surface area contributed by atoms with Crippen molar-refractivity contribution in [1.29, 1.82) is 0 Å². The lowest BCUT2D eigenvalue weighted by molar-refractivity contribution is -0.385. The van der Waals surface area contributed by atoms with Crippen LogP contribution in [0.4, 0.5) is 11.4 Å². The molecular weight excluding hydrogens is 224 g/mol. The normalized spacial score (nSPS) is 19.2. The van der Waals surface area contributed by atoms with Crippen LogP contribution in [0.25, 0.3) is 0 Å². The van der Waals surface area contributed by atoms with Gasteiger partial charge >= 0.3 is 0 Å². The monoisotopic (exact) mass is 238 g/mol. The van der Waals surface area contributed by atoms with Crippen molar-refractivity contribution < 1.29 is 14.8 Å². The molecule has 6 heteroatoms. The molecule has 0 saturated carbocycles. The van der Waals surface area contributed by atoms with Crippen LogP contribution in [-0.2, 0) is 11.3 Å². The van der Waals surface area contributed by atoms with Crippen molar-refractivity contribution in [1.82, 2.24) is 0 Å². The number of nitro groups is 1. The Morgan fingerprint density at radius 3 is 3.00 bits per heavy atom. The van der Waals surface area contributed by atoms with Crippen molar-refractivity contribution in [3.63, 3.8) is 0 Å². The minimum absolute atomic E-state index is 0.0538. The van der Waals surface area contributed by atoms with E-state index in [1.807, 2.05) is 0 Å². The highest BCUT2D eigenvalue weighted by Gasteiger charge is 2.22. The van der Waals surface area contributed by atoms with Crippen LogP contribution >= 0.6 is 0 Å². The summed E-state index contributed by atoms with van der Waals surface area (Å²) >= 11 is 0. The number of aliphatic hydroxyl groups is 1. The van der Waals surface area contributed by atoms with Crippen LogP contribution in [0.5, 0.6) is 0 Å². The van der Waals surface area contributed by atoms with Gasteiger partial charge in [-0.25, -0.2) is 0 Å².